The average molecular weight is 328 g/mol. The fraction of sp³-hybridized carbons (Fsp3) is 0.810. The van der Waals surface area contributed by atoms with Gasteiger partial charge in [-0.25, -0.2) is 0 Å². The van der Waals surface area contributed by atoms with Gasteiger partial charge in [0.2, 0.25) is 0 Å². The summed E-state index contributed by atoms with van der Waals surface area (Å²) < 4.78 is 0. The Morgan fingerprint density at radius 2 is 1.48 bits per heavy atom. The van der Waals surface area contributed by atoms with Crippen LogP contribution in [0.25, 0.3) is 0 Å². The molecule has 2 heterocycles. The van der Waals surface area contributed by atoms with Crippen LogP contribution in [-0.2, 0) is 0 Å². The Labute approximate surface area is 146 Å². The summed E-state index contributed by atoms with van der Waals surface area (Å²) in [6, 6.07) is 0. The highest BCUT2D eigenvalue weighted by Gasteiger charge is 2.43. The van der Waals surface area contributed by atoms with Gasteiger partial charge >= 0.3 is 0 Å². The van der Waals surface area contributed by atoms with Gasteiger partial charge in [0.15, 0.2) is 6.71 Å². The minimum absolute atomic E-state index is 0.346. The second-order valence-electron chi connectivity index (χ2n) is 10.5. The highest BCUT2D eigenvalue weighted by molar-refractivity contribution is 6.85. The Hall–Kier alpha value is -0.238. The molecule has 0 saturated carbocycles. The summed E-state index contributed by atoms with van der Waals surface area (Å²) in [5, 5.41) is 1.94. The largest absolute Gasteiger partial charge is 0.176 e. The van der Waals surface area contributed by atoms with E-state index in [9.17, 15) is 0 Å². The lowest BCUT2D eigenvalue weighted by Crippen LogP contribution is -2.41. The topological polar surface area (TPSA) is 0 Å². The predicted octanol–water partition coefficient (Wildman–Crippen LogP) is 7.07. The summed E-state index contributed by atoms with van der Waals surface area (Å²) in [5.41, 5.74) is 3.99. The van der Waals surface area contributed by atoms with Crippen molar-refractivity contribution >= 4 is 14.8 Å². The van der Waals surface area contributed by atoms with E-state index in [1.54, 1.807) is 5.57 Å². The third-order valence-corrected chi connectivity index (χ3v) is 9.22. The molecule has 0 atom stereocenters. The van der Waals surface area contributed by atoms with Crippen LogP contribution < -0.4 is 0 Å². The maximum absolute atomic E-state index is 2.63. The molecule has 0 radical (unpaired) electrons. The van der Waals surface area contributed by atoms with Crippen molar-refractivity contribution in [2.75, 3.05) is 0 Å². The molecule has 2 bridgehead atoms. The maximum atomic E-state index is 2.63. The van der Waals surface area contributed by atoms with E-state index in [2.05, 4.69) is 46.5 Å². The maximum Gasteiger partial charge on any atom is 0.176 e. The SMILES string of the molecule is CC(C)(C)C1=CCC(B2C3CCCC2CCC3)=C([Si](C)(C)C)C1. The van der Waals surface area contributed by atoms with Crippen molar-refractivity contribution in [2.24, 2.45) is 5.41 Å². The van der Waals surface area contributed by atoms with Gasteiger partial charge in [-0.1, -0.05) is 107 Å². The first-order valence-electron chi connectivity index (χ1n) is 10.1. The van der Waals surface area contributed by atoms with Gasteiger partial charge in [-0.3, -0.25) is 0 Å². The average Bonchev–Trinajstić information content (AvgIpc) is 2.44. The first-order chi connectivity index (χ1) is 10.7. The summed E-state index contributed by atoms with van der Waals surface area (Å²) in [7, 11) is -1.23. The van der Waals surface area contributed by atoms with Crippen LogP contribution in [0.5, 0.6) is 0 Å². The second-order valence-corrected chi connectivity index (χ2v) is 15.6. The number of fused-ring (bicyclic) bond motifs is 2. The summed E-state index contributed by atoms with van der Waals surface area (Å²) in [4.78, 5) is 0. The van der Waals surface area contributed by atoms with Gasteiger partial charge in [-0.05, 0) is 18.3 Å². The highest BCUT2D eigenvalue weighted by Crippen LogP contribution is 2.52. The Morgan fingerprint density at radius 1 is 0.957 bits per heavy atom. The van der Waals surface area contributed by atoms with Crippen molar-refractivity contribution in [1.82, 2.24) is 0 Å². The van der Waals surface area contributed by atoms with E-state index in [-0.39, 0.29) is 0 Å². The molecular formula is C21H37BSi. The molecule has 23 heavy (non-hydrogen) atoms. The minimum atomic E-state index is -1.23. The van der Waals surface area contributed by atoms with E-state index in [0.29, 0.717) is 5.41 Å². The lowest BCUT2D eigenvalue weighted by Gasteiger charge is -2.45. The molecule has 2 heteroatoms. The number of hydrogen-bond acceptors (Lipinski definition) is 0. The Balaban J connectivity index is 1.96. The molecule has 0 amide bonds. The summed E-state index contributed by atoms with van der Waals surface area (Å²) in [6.45, 7) is 15.9. The van der Waals surface area contributed by atoms with Crippen molar-refractivity contribution in [3.8, 4) is 0 Å². The number of hydrogen-bond donors (Lipinski definition) is 0. The Bertz CT molecular complexity index is 493. The smallest absolute Gasteiger partial charge is 0.101 e. The lowest BCUT2D eigenvalue weighted by molar-refractivity contribution is 0.444. The number of allylic oxidation sites excluding steroid dienone is 4. The third kappa shape index (κ3) is 3.57. The van der Waals surface area contributed by atoms with Crippen LogP contribution >= 0.6 is 0 Å². The molecule has 2 fully saturated rings. The van der Waals surface area contributed by atoms with Crippen molar-refractivity contribution in [3.63, 3.8) is 0 Å². The van der Waals surface area contributed by atoms with Crippen LogP contribution in [0.1, 0.15) is 72.1 Å². The quantitative estimate of drug-likeness (QED) is 0.375. The molecule has 2 aliphatic heterocycles. The van der Waals surface area contributed by atoms with Crippen molar-refractivity contribution < 1.29 is 0 Å². The van der Waals surface area contributed by atoms with E-state index < -0.39 is 8.07 Å². The van der Waals surface area contributed by atoms with Gasteiger partial charge in [-0.15, -0.1) is 5.47 Å². The lowest BCUT2D eigenvalue weighted by atomic mass is 9.23. The van der Waals surface area contributed by atoms with Gasteiger partial charge in [0.05, 0.1) is 8.07 Å². The van der Waals surface area contributed by atoms with E-state index in [1.807, 2.05) is 10.7 Å². The van der Waals surface area contributed by atoms with Crippen LogP contribution in [-0.4, -0.2) is 14.8 Å². The zero-order valence-electron chi connectivity index (χ0n) is 16.5. The molecule has 0 spiro atoms. The van der Waals surface area contributed by atoms with Gasteiger partial charge in [0.1, 0.15) is 0 Å². The Kier molecular flexibility index (Phi) is 4.77. The summed E-state index contributed by atoms with van der Waals surface area (Å²) >= 11 is 0. The molecule has 0 unspecified atom stereocenters. The van der Waals surface area contributed by atoms with E-state index in [4.69, 9.17) is 0 Å². The van der Waals surface area contributed by atoms with Crippen molar-refractivity contribution in [2.45, 2.75) is 103 Å². The van der Waals surface area contributed by atoms with E-state index >= 15 is 0 Å². The standard InChI is InChI=1S/C21H37BSi/c1-21(2,3)16-13-14-19(20(15-16)23(4,5)6)22-17-9-7-10-18(22)12-8-11-17/h13,17-18H,7-12,14-15H2,1-6H3. The fourth-order valence-electron chi connectivity index (χ4n) is 5.63. The molecular weight excluding hydrogens is 291 g/mol. The summed E-state index contributed by atoms with van der Waals surface area (Å²) in [6.07, 6.45) is 14.3. The number of rotatable bonds is 2. The van der Waals surface area contributed by atoms with Gasteiger partial charge < -0.3 is 0 Å². The molecule has 0 aromatic heterocycles. The summed E-state index contributed by atoms with van der Waals surface area (Å²) in [5.74, 6) is 2.04. The monoisotopic (exact) mass is 328 g/mol. The van der Waals surface area contributed by atoms with Crippen molar-refractivity contribution in [3.05, 3.63) is 22.3 Å². The molecule has 0 aromatic carbocycles. The molecule has 3 aliphatic rings. The zero-order chi connectivity index (χ0) is 16.8. The normalized spacial score (nSPS) is 29.7. The van der Waals surface area contributed by atoms with Crippen LogP contribution in [0, 0.1) is 5.41 Å². The predicted molar refractivity (Wildman–Crippen MR) is 108 cm³/mol. The van der Waals surface area contributed by atoms with Gasteiger partial charge in [0, 0.05) is 0 Å². The zero-order valence-corrected chi connectivity index (χ0v) is 17.5. The fourth-order valence-corrected chi connectivity index (χ4v) is 7.59. The third-order valence-electron chi connectivity index (χ3n) is 6.91. The minimum Gasteiger partial charge on any atom is -0.101 e. The molecule has 0 nitrogen and oxygen atoms in total. The van der Waals surface area contributed by atoms with E-state index in [0.717, 1.165) is 18.3 Å². The van der Waals surface area contributed by atoms with Crippen LogP contribution in [0.2, 0.25) is 31.3 Å². The molecule has 0 N–H and O–H groups in total. The second kappa shape index (κ2) is 6.24. The van der Waals surface area contributed by atoms with E-state index in [1.165, 1.54) is 51.4 Å². The molecule has 3 rings (SSSR count). The first kappa shape index (κ1) is 17.6. The molecule has 128 valence electrons. The first-order valence-corrected chi connectivity index (χ1v) is 13.6. The molecule has 2 saturated heterocycles. The van der Waals surface area contributed by atoms with Crippen LogP contribution in [0.15, 0.2) is 22.3 Å². The van der Waals surface area contributed by atoms with Crippen molar-refractivity contribution in [1.29, 1.82) is 0 Å². The van der Waals surface area contributed by atoms with Gasteiger partial charge in [0.25, 0.3) is 0 Å². The van der Waals surface area contributed by atoms with Crippen LogP contribution in [0.4, 0.5) is 0 Å². The Morgan fingerprint density at radius 3 is 1.91 bits per heavy atom. The highest BCUT2D eigenvalue weighted by atomic mass is 28.3. The molecule has 0 aromatic rings. The molecule has 1 aliphatic carbocycles. The van der Waals surface area contributed by atoms with Crippen LogP contribution in [0.3, 0.4) is 0 Å². The van der Waals surface area contributed by atoms with Gasteiger partial charge in [-0.2, -0.15) is 0 Å².